The van der Waals surface area contributed by atoms with Crippen molar-refractivity contribution in [3.63, 3.8) is 0 Å². The Morgan fingerprint density at radius 2 is 1.83 bits per heavy atom. The Balaban J connectivity index is 2.00. The van der Waals surface area contributed by atoms with Gasteiger partial charge in [0.2, 0.25) is 0 Å². The molecule has 0 aromatic carbocycles. The highest BCUT2D eigenvalue weighted by Gasteiger charge is 2.19. The number of fused-ring (bicyclic) bond motifs is 1. The first-order valence-electron chi connectivity index (χ1n) is 7.08. The molecule has 96 valence electrons. The molecule has 3 heteroatoms. The summed E-state index contributed by atoms with van der Waals surface area (Å²) in [6, 6.07) is 4.19. The van der Waals surface area contributed by atoms with E-state index in [4.69, 9.17) is 5.73 Å². The summed E-state index contributed by atoms with van der Waals surface area (Å²) in [6.45, 7) is 0. The van der Waals surface area contributed by atoms with Crippen LogP contribution in [0.4, 0.5) is 5.69 Å². The normalized spacial score (nSPS) is 18.7. The summed E-state index contributed by atoms with van der Waals surface area (Å²) < 4.78 is 1.95. The molecule has 1 aliphatic rings. The van der Waals surface area contributed by atoms with Crippen LogP contribution in [0.15, 0.2) is 24.5 Å². The third kappa shape index (κ3) is 2.09. The van der Waals surface area contributed by atoms with Gasteiger partial charge < -0.3 is 5.73 Å². The fourth-order valence-corrected chi connectivity index (χ4v) is 3.22. The van der Waals surface area contributed by atoms with Crippen LogP contribution in [0.5, 0.6) is 0 Å². The van der Waals surface area contributed by atoms with Crippen LogP contribution in [0.25, 0.3) is 5.52 Å². The number of nitrogen functional groups attached to an aromatic ring is 1. The molecule has 0 spiro atoms. The van der Waals surface area contributed by atoms with E-state index >= 15 is 0 Å². The summed E-state index contributed by atoms with van der Waals surface area (Å²) >= 11 is 0. The van der Waals surface area contributed by atoms with Gasteiger partial charge >= 0.3 is 0 Å². The Hall–Kier alpha value is -1.51. The van der Waals surface area contributed by atoms with Crippen molar-refractivity contribution in [2.75, 3.05) is 5.73 Å². The van der Waals surface area contributed by atoms with E-state index in [1.807, 2.05) is 16.8 Å². The predicted molar refractivity (Wildman–Crippen MR) is 74.7 cm³/mol. The number of nitrogens with zero attached hydrogens (tertiary/aromatic N) is 2. The lowest BCUT2D eigenvalue weighted by Crippen LogP contribution is -2.08. The average Bonchev–Trinajstić information content (AvgIpc) is 2.78. The van der Waals surface area contributed by atoms with E-state index in [0.717, 1.165) is 5.69 Å². The molecule has 18 heavy (non-hydrogen) atoms. The van der Waals surface area contributed by atoms with Gasteiger partial charge in [0.15, 0.2) is 0 Å². The summed E-state index contributed by atoms with van der Waals surface area (Å²) in [5.41, 5.74) is 9.58. The van der Waals surface area contributed by atoms with Crippen molar-refractivity contribution in [2.45, 2.75) is 50.9 Å². The van der Waals surface area contributed by atoms with Gasteiger partial charge in [-0.15, -0.1) is 0 Å². The van der Waals surface area contributed by atoms with Crippen molar-refractivity contribution < 1.29 is 0 Å². The van der Waals surface area contributed by atoms with Gasteiger partial charge in [0, 0.05) is 11.8 Å². The summed E-state index contributed by atoms with van der Waals surface area (Å²) in [6.07, 6.45) is 13.2. The van der Waals surface area contributed by atoms with E-state index in [1.165, 1.54) is 56.0 Å². The molecule has 3 rings (SSSR count). The van der Waals surface area contributed by atoms with Gasteiger partial charge in [-0.3, -0.25) is 0 Å². The highest BCUT2D eigenvalue weighted by atomic mass is 15.2. The van der Waals surface area contributed by atoms with E-state index in [2.05, 4.69) is 11.2 Å². The second-order valence-electron chi connectivity index (χ2n) is 5.39. The van der Waals surface area contributed by atoms with E-state index in [9.17, 15) is 0 Å². The van der Waals surface area contributed by atoms with Crippen LogP contribution >= 0.6 is 0 Å². The molecule has 1 fully saturated rings. The number of nitrogens with two attached hydrogens (primary N) is 1. The van der Waals surface area contributed by atoms with E-state index in [0.29, 0.717) is 5.92 Å². The van der Waals surface area contributed by atoms with Crippen molar-refractivity contribution in [1.82, 2.24) is 9.61 Å². The lowest BCUT2D eigenvalue weighted by molar-refractivity contribution is 0.457. The number of rotatable bonds is 1. The molecule has 0 saturated heterocycles. The molecule has 0 amide bonds. The zero-order chi connectivity index (χ0) is 12.4. The highest BCUT2D eigenvalue weighted by molar-refractivity contribution is 5.66. The largest absolute Gasteiger partial charge is 0.397 e. The topological polar surface area (TPSA) is 43.3 Å². The van der Waals surface area contributed by atoms with Crippen molar-refractivity contribution in [1.29, 1.82) is 0 Å². The Kier molecular flexibility index (Phi) is 3.22. The summed E-state index contributed by atoms with van der Waals surface area (Å²) in [5.74, 6) is 0.616. The molecular weight excluding hydrogens is 222 g/mol. The van der Waals surface area contributed by atoms with Crippen molar-refractivity contribution >= 4 is 11.2 Å². The third-order valence-corrected chi connectivity index (χ3v) is 4.15. The minimum atomic E-state index is 0.616. The van der Waals surface area contributed by atoms with Crippen LogP contribution in [0.2, 0.25) is 0 Å². The van der Waals surface area contributed by atoms with Gasteiger partial charge in [0.1, 0.15) is 0 Å². The van der Waals surface area contributed by atoms with Gasteiger partial charge in [0.25, 0.3) is 0 Å². The molecule has 3 nitrogen and oxygen atoms in total. The Bertz CT molecular complexity index is 522. The van der Waals surface area contributed by atoms with Crippen LogP contribution in [-0.4, -0.2) is 9.61 Å². The Labute approximate surface area is 108 Å². The molecule has 1 saturated carbocycles. The zero-order valence-corrected chi connectivity index (χ0v) is 10.8. The molecule has 2 N–H and O–H groups in total. The number of aromatic nitrogens is 2. The molecule has 1 aliphatic carbocycles. The minimum Gasteiger partial charge on any atom is -0.397 e. The molecule has 0 aliphatic heterocycles. The molecule has 2 heterocycles. The maximum Gasteiger partial charge on any atom is 0.0712 e. The summed E-state index contributed by atoms with van der Waals surface area (Å²) in [5, 5.41) is 4.33. The quantitative estimate of drug-likeness (QED) is 0.829. The molecule has 2 aromatic heterocycles. The van der Waals surface area contributed by atoms with Crippen molar-refractivity contribution in [3.05, 3.63) is 30.1 Å². The van der Waals surface area contributed by atoms with Crippen LogP contribution in [-0.2, 0) is 0 Å². The summed E-state index contributed by atoms with van der Waals surface area (Å²) in [4.78, 5) is 0. The predicted octanol–water partition coefficient (Wildman–Crippen LogP) is 3.74. The van der Waals surface area contributed by atoms with Gasteiger partial charge in [-0.2, -0.15) is 5.10 Å². The second kappa shape index (κ2) is 5.01. The lowest BCUT2D eigenvalue weighted by atomic mass is 9.85. The fraction of sp³-hybridized carbons (Fsp3) is 0.533. The van der Waals surface area contributed by atoms with Crippen LogP contribution in [0.1, 0.15) is 56.4 Å². The standard InChI is InChI=1S/C15H21N3/c16-13-11-17-18-10-6-9-14(18)15(13)12-7-4-2-1-3-5-8-12/h6,9-12H,1-5,7-8,16H2. The first-order valence-corrected chi connectivity index (χ1v) is 7.08. The van der Waals surface area contributed by atoms with Gasteiger partial charge in [-0.25, -0.2) is 4.52 Å². The number of hydrogen-bond acceptors (Lipinski definition) is 2. The van der Waals surface area contributed by atoms with Crippen molar-refractivity contribution in [3.8, 4) is 0 Å². The number of hydrogen-bond donors (Lipinski definition) is 1. The average molecular weight is 243 g/mol. The van der Waals surface area contributed by atoms with Crippen LogP contribution in [0.3, 0.4) is 0 Å². The number of anilines is 1. The van der Waals surface area contributed by atoms with Gasteiger partial charge in [-0.05, 0) is 30.9 Å². The highest BCUT2D eigenvalue weighted by Crippen LogP contribution is 2.36. The molecule has 2 aromatic rings. The first kappa shape index (κ1) is 11.6. The van der Waals surface area contributed by atoms with Crippen LogP contribution < -0.4 is 5.73 Å². The maximum absolute atomic E-state index is 6.19. The van der Waals surface area contributed by atoms with Crippen LogP contribution in [0, 0.1) is 0 Å². The maximum atomic E-state index is 6.19. The Morgan fingerprint density at radius 1 is 1.11 bits per heavy atom. The first-order chi connectivity index (χ1) is 8.86. The van der Waals surface area contributed by atoms with E-state index in [1.54, 1.807) is 6.20 Å². The fourth-order valence-electron chi connectivity index (χ4n) is 3.22. The smallest absolute Gasteiger partial charge is 0.0712 e. The molecule has 0 bridgehead atoms. The second-order valence-corrected chi connectivity index (χ2v) is 5.39. The third-order valence-electron chi connectivity index (χ3n) is 4.15. The molecule has 0 unspecified atom stereocenters. The monoisotopic (exact) mass is 243 g/mol. The van der Waals surface area contributed by atoms with E-state index in [-0.39, 0.29) is 0 Å². The molecule has 0 atom stereocenters. The van der Waals surface area contributed by atoms with Gasteiger partial charge in [-0.1, -0.05) is 32.1 Å². The molecular formula is C15H21N3. The summed E-state index contributed by atoms with van der Waals surface area (Å²) in [7, 11) is 0. The van der Waals surface area contributed by atoms with E-state index < -0.39 is 0 Å². The molecule has 0 radical (unpaired) electrons. The van der Waals surface area contributed by atoms with Crippen molar-refractivity contribution in [2.24, 2.45) is 0 Å². The lowest BCUT2D eigenvalue weighted by Gasteiger charge is -2.22. The SMILES string of the molecule is Nc1cnn2cccc2c1C1CCCCCCC1. The van der Waals surface area contributed by atoms with Gasteiger partial charge in [0.05, 0.1) is 17.4 Å². The zero-order valence-electron chi connectivity index (χ0n) is 10.8. The minimum absolute atomic E-state index is 0.616. The Morgan fingerprint density at radius 3 is 2.61 bits per heavy atom.